The largest absolute Gasteiger partial charge is 0.496 e. The molecule has 0 aliphatic carbocycles. The summed E-state index contributed by atoms with van der Waals surface area (Å²) < 4.78 is 23.4. The minimum absolute atomic E-state index is 0.0136. The number of ketones is 1. The van der Waals surface area contributed by atoms with Gasteiger partial charge >= 0.3 is 5.97 Å². The van der Waals surface area contributed by atoms with Gasteiger partial charge in [0.05, 0.1) is 29.3 Å². The Morgan fingerprint density at radius 2 is 1.80 bits per heavy atom. The third-order valence-electron chi connectivity index (χ3n) is 3.50. The summed E-state index contributed by atoms with van der Waals surface area (Å²) in [5.74, 6) is -1.62. The van der Waals surface area contributed by atoms with Gasteiger partial charge in [-0.15, -0.1) is 0 Å². The van der Waals surface area contributed by atoms with Crippen molar-refractivity contribution in [1.82, 2.24) is 9.97 Å². The van der Waals surface area contributed by atoms with Gasteiger partial charge in [-0.25, -0.2) is 9.18 Å². The Balaban J connectivity index is 1.73. The maximum atomic E-state index is 13.3. The van der Waals surface area contributed by atoms with Crippen LogP contribution in [0.5, 0.6) is 5.75 Å². The molecule has 0 amide bonds. The topological polar surface area (TPSA) is 78.4 Å². The summed E-state index contributed by atoms with van der Waals surface area (Å²) in [5.41, 5.74) is 1.43. The molecule has 0 aliphatic rings. The van der Waals surface area contributed by atoms with E-state index >= 15 is 0 Å². The second kappa shape index (κ2) is 7.04. The Hall–Kier alpha value is -3.35. The second-order valence-electron chi connectivity index (χ2n) is 5.10. The van der Waals surface area contributed by atoms with Gasteiger partial charge < -0.3 is 9.47 Å². The maximum Gasteiger partial charge on any atom is 0.338 e. The van der Waals surface area contributed by atoms with Crippen molar-refractivity contribution >= 4 is 22.8 Å². The highest BCUT2D eigenvalue weighted by molar-refractivity contribution is 6.01. The van der Waals surface area contributed by atoms with Gasteiger partial charge in [0.2, 0.25) is 5.78 Å². The van der Waals surface area contributed by atoms with E-state index in [0.29, 0.717) is 11.0 Å². The number of rotatable bonds is 5. The van der Waals surface area contributed by atoms with E-state index < -0.39 is 24.2 Å². The summed E-state index contributed by atoms with van der Waals surface area (Å²) in [7, 11) is 1.37. The SMILES string of the molecule is COc1ccc(F)cc1C(=O)COC(=O)c1ccc2nccnc2c1. The molecule has 1 heterocycles. The molecule has 3 aromatic rings. The number of benzene rings is 2. The predicted molar refractivity (Wildman–Crippen MR) is 87.1 cm³/mol. The molecule has 0 unspecified atom stereocenters. The summed E-state index contributed by atoms with van der Waals surface area (Å²) in [6.45, 7) is -0.531. The molecule has 0 aliphatic heterocycles. The van der Waals surface area contributed by atoms with E-state index in [2.05, 4.69) is 9.97 Å². The molecule has 0 fully saturated rings. The molecule has 0 radical (unpaired) electrons. The van der Waals surface area contributed by atoms with Crippen molar-refractivity contribution in [3.05, 3.63) is 65.7 Å². The quantitative estimate of drug-likeness (QED) is 0.525. The molecule has 0 saturated carbocycles. The normalized spacial score (nSPS) is 10.5. The zero-order valence-electron chi connectivity index (χ0n) is 13.2. The van der Waals surface area contributed by atoms with Crippen molar-refractivity contribution in [3.8, 4) is 5.75 Å². The summed E-state index contributed by atoms with van der Waals surface area (Å²) in [5, 5.41) is 0. The Labute approximate surface area is 142 Å². The lowest BCUT2D eigenvalue weighted by molar-refractivity contribution is 0.0474. The molecule has 126 valence electrons. The van der Waals surface area contributed by atoms with E-state index in [4.69, 9.17) is 9.47 Å². The number of hydrogen-bond acceptors (Lipinski definition) is 6. The van der Waals surface area contributed by atoms with Gasteiger partial charge in [-0.2, -0.15) is 0 Å². The van der Waals surface area contributed by atoms with Gasteiger partial charge in [0.25, 0.3) is 0 Å². The van der Waals surface area contributed by atoms with Crippen LogP contribution >= 0.6 is 0 Å². The molecular formula is C18H13FN2O4. The number of fused-ring (bicyclic) bond motifs is 1. The van der Waals surface area contributed by atoms with E-state index in [1.54, 1.807) is 12.3 Å². The fourth-order valence-electron chi connectivity index (χ4n) is 2.28. The fraction of sp³-hybridized carbons (Fsp3) is 0.111. The maximum absolute atomic E-state index is 13.3. The molecule has 0 spiro atoms. The number of ether oxygens (including phenoxy) is 2. The number of esters is 1. The number of hydrogen-bond donors (Lipinski definition) is 0. The molecule has 0 saturated heterocycles. The molecule has 7 heteroatoms. The third kappa shape index (κ3) is 3.60. The average molecular weight is 340 g/mol. The molecule has 2 aromatic carbocycles. The van der Waals surface area contributed by atoms with Crippen LogP contribution in [-0.2, 0) is 4.74 Å². The van der Waals surface area contributed by atoms with Crippen molar-refractivity contribution in [3.63, 3.8) is 0 Å². The number of methoxy groups -OCH3 is 1. The van der Waals surface area contributed by atoms with Gasteiger partial charge in [-0.05, 0) is 36.4 Å². The highest BCUT2D eigenvalue weighted by atomic mass is 19.1. The fourth-order valence-corrected chi connectivity index (χ4v) is 2.28. The lowest BCUT2D eigenvalue weighted by Gasteiger charge is -2.08. The smallest absolute Gasteiger partial charge is 0.338 e. The zero-order chi connectivity index (χ0) is 17.8. The number of carbonyl (C=O) groups excluding carboxylic acids is 2. The van der Waals surface area contributed by atoms with E-state index in [1.165, 1.54) is 37.6 Å². The van der Waals surface area contributed by atoms with Crippen LogP contribution in [-0.4, -0.2) is 35.4 Å². The molecule has 0 N–H and O–H groups in total. The first-order valence-electron chi connectivity index (χ1n) is 7.33. The van der Waals surface area contributed by atoms with Crippen molar-refractivity contribution in [2.75, 3.05) is 13.7 Å². The van der Waals surface area contributed by atoms with Crippen molar-refractivity contribution < 1.29 is 23.5 Å². The zero-order valence-corrected chi connectivity index (χ0v) is 13.2. The van der Waals surface area contributed by atoms with E-state index in [-0.39, 0.29) is 16.9 Å². The Bertz CT molecular complexity index is 959. The summed E-state index contributed by atoms with van der Waals surface area (Å²) in [6, 6.07) is 8.26. The number of Topliss-reactive ketones (excluding diaryl/α,β-unsaturated/α-hetero) is 1. The monoisotopic (exact) mass is 340 g/mol. The van der Waals surface area contributed by atoms with Crippen LogP contribution in [0.2, 0.25) is 0 Å². The van der Waals surface area contributed by atoms with E-state index in [9.17, 15) is 14.0 Å². The van der Waals surface area contributed by atoms with Gasteiger partial charge in [0, 0.05) is 12.4 Å². The Kier molecular flexibility index (Phi) is 4.65. The first-order chi connectivity index (χ1) is 12.1. The van der Waals surface area contributed by atoms with Crippen LogP contribution < -0.4 is 4.74 Å². The molecular weight excluding hydrogens is 327 g/mol. The predicted octanol–water partition coefficient (Wildman–Crippen LogP) is 2.82. The van der Waals surface area contributed by atoms with Crippen LogP contribution in [0.4, 0.5) is 4.39 Å². The second-order valence-corrected chi connectivity index (χ2v) is 5.10. The molecule has 6 nitrogen and oxygen atoms in total. The van der Waals surface area contributed by atoms with Crippen molar-refractivity contribution in [2.24, 2.45) is 0 Å². The number of halogens is 1. The lowest BCUT2D eigenvalue weighted by atomic mass is 10.1. The Morgan fingerprint density at radius 3 is 2.56 bits per heavy atom. The lowest BCUT2D eigenvalue weighted by Crippen LogP contribution is -2.15. The van der Waals surface area contributed by atoms with Gasteiger partial charge in [0.1, 0.15) is 11.6 Å². The van der Waals surface area contributed by atoms with Gasteiger partial charge in [-0.3, -0.25) is 14.8 Å². The van der Waals surface area contributed by atoms with Crippen molar-refractivity contribution in [2.45, 2.75) is 0 Å². The van der Waals surface area contributed by atoms with Crippen LogP contribution in [0.25, 0.3) is 11.0 Å². The number of carbonyl (C=O) groups is 2. The average Bonchev–Trinajstić information content (AvgIpc) is 2.65. The minimum Gasteiger partial charge on any atom is -0.496 e. The summed E-state index contributed by atoms with van der Waals surface area (Å²) in [6.07, 6.45) is 3.06. The number of nitrogens with zero attached hydrogens (tertiary/aromatic N) is 2. The molecule has 3 rings (SSSR count). The van der Waals surface area contributed by atoms with Crippen LogP contribution in [0.3, 0.4) is 0 Å². The molecule has 25 heavy (non-hydrogen) atoms. The Morgan fingerprint density at radius 1 is 1.04 bits per heavy atom. The van der Waals surface area contributed by atoms with Crippen molar-refractivity contribution in [1.29, 1.82) is 0 Å². The highest BCUT2D eigenvalue weighted by Gasteiger charge is 2.17. The van der Waals surface area contributed by atoms with E-state index in [1.807, 2.05) is 0 Å². The summed E-state index contributed by atoms with van der Waals surface area (Å²) in [4.78, 5) is 32.5. The van der Waals surface area contributed by atoms with Crippen LogP contribution in [0.15, 0.2) is 48.8 Å². The van der Waals surface area contributed by atoms with Crippen LogP contribution in [0, 0.1) is 5.82 Å². The molecule has 0 bridgehead atoms. The standard InChI is InChI=1S/C18H13FN2O4/c1-24-17-5-3-12(19)9-13(17)16(22)10-25-18(23)11-2-4-14-15(8-11)21-7-6-20-14/h2-9H,10H2,1H3. The first-order valence-corrected chi connectivity index (χ1v) is 7.33. The highest BCUT2D eigenvalue weighted by Crippen LogP contribution is 2.20. The van der Waals surface area contributed by atoms with Gasteiger partial charge in [0.15, 0.2) is 6.61 Å². The first kappa shape index (κ1) is 16.5. The third-order valence-corrected chi connectivity index (χ3v) is 3.50. The van der Waals surface area contributed by atoms with Gasteiger partial charge in [-0.1, -0.05) is 0 Å². The number of aromatic nitrogens is 2. The molecule has 1 aromatic heterocycles. The van der Waals surface area contributed by atoms with Crippen LogP contribution in [0.1, 0.15) is 20.7 Å². The minimum atomic E-state index is -0.684. The summed E-state index contributed by atoms with van der Waals surface area (Å²) >= 11 is 0. The van der Waals surface area contributed by atoms with E-state index in [0.717, 1.165) is 6.07 Å². The molecule has 0 atom stereocenters.